The molecule has 0 nitrogen and oxygen atoms in total. The highest BCUT2D eigenvalue weighted by Gasteiger charge is 2.43. The van der Waals surface area contributed by atoms with E-state index in [0.717, 1.165) is 29.6 Å². The van der Waals surface area contributed by atoms with E-state index in [2.05, 4.69) is 34.6 Å². The van der Waals surface area contributed by atoms with Crippen molar-refractivity contribution in [3.8, 4) is 0 Å². The van der Waals surface area contributed by atoms with Crippen LogP contribution in [0.25, 0.3) is 0 Å². The van der Waals surface area contributed by atoms with E-state index < -0.39 is 0 Å². The maximum Gasteiger partial charge on any atom is -0.0352 e. The topological polar surface area (TPSA) is 0 Å². The first-order chi connectivity index (χ1) is 7.60. The van der Waals surface area contributed by atoms with Crippen LogP contribution < -0.4 is 0 Å². The lowest BCUT2D eigenvalue weighted by molar-refractivity contribution is 0.261. The second-order valence-corrected chi connectivity index (χ2v) is 6.51. The minimum Gasteiger partial charge on any atom is -0.0654 e. The van der Waals surface area contributed by atoms with Crippen LogP contribution in [0.1, 0.15) is 73.1 Å². The molecule has 1 saturated carbocycles. The van der Waals surface area contributed by atoms with Gasteiger partial charge in [-0.15, -0.1) is 0 Å². The van der Waals surface area contributed by atoms with E-state index in [1.54, 1.807) is 0 Å². The van der Waals surface area contributed by atoms with E-state index >= 15 is 0 Å². The zero-order valence-corrected chi connectivity index (χ0v) is 12.1. The first-order valence-electron chi connectivity index (χ1n) is 7.60. The van der Waals surface area contributed by atoms with Gasteiger partial charge in [0.25, 0.3) is 0 Å². The van der Waals surface area contributed by atoms with Gasteiger partial charge in [0.2, 0.25) is 0 Å². The lowest BCUT2D eigenvalue weighted by Crippen LogP contribution is -2.15. The number of hydrogen-bond donors (Lipinski definition) is 0. The van der Waals surface area contributed by atoms with Crippen LogP contribution in [-0.4, -0.2) is 0 Å². The summed E-state index contributed by atoms with van der Waals surface area (Å²) in [6, 6.07) is 0. The average molecular weight is 224 g/mol. The summed E-state index contributed by atoms with van der Waals surface area (Å²) >= 11 is 0. The second-order valence-electron chi connectivity index (χ2n) is 6.51. The first-order valence-corrected chi connectivity index (χ1v) is 7.60. The Balaban J connectivity index is 2.40. The van der Waals surface area contributed by atoms with Crippen LogP contribution in [0.3, 0.4) is 0 Å². The molecule has 1 aliphatic carbocycles. The van der Waals surface area contributed by atoms with Crippen molar-refractivity contribution in [3.05, 3.63) is 0 Å². The molecule has 4 atom stereocenters. The van der Waals surface area contributed by atoms with Crippen molar-refractivity contribution in [1.29, 1.82) is 0 Å². The molecule has 1 aliphatic rings. The average Bonchev–Trinajstić information content (AvgIpc) is 2.92. The second kappa shape index (κ2) is 6.67. The molecule has 96 valence electrons. The molecule has 0 heterocycles. The van der Waals surface area contributed by atoms with Gasteiger partial charge < -0.3 is 0 Å². The van der Waals surface area contributed by atoms with Crippen molar-refractivity contribution >= 4 is 0 Å². The fourth-order valence-electron chi connectivity index (χ4n) is 3.60. The van der Waals surface area contributed by atoms with Crippen molar-refractivity contribution < 1.29 is 0 Å². The Bertz CT molecular complexity index is 182. The van der Waals surface area contributed by atoms with Crippen LogP contribution in [0.4, 0.5) is 0 Å². The van der Waals surface area contributed by atoms with Gasteiger partial charge in [-0.1, -0.05) is 60.3 Å². The van der Waals surface area contributed by atoms with Gasteiger partial charge in [0.1, 0.15) is 0 Å². The van der Waals surface area contributed by atoms with Crippen molar-refractivity contribution in [2.45, 2.75) is 73.1 Å². The quantitative estimate of drug-likeness (QED) is 0.509. The highest BCUT2D eigenvalue weighted by molar-refractivity contribution is 4.93. The largest absolute Gasteiger partial charge is 0.0654 e. The third kappa shape index (κ3) is 4.11. The molecule has 0 bridgehead atoms. The van der Waals surface area contributed by atoms with Gasteiger partial charge >= 0.3 is 0 Å². The molecule has 0 saturated heterocycles. The number of hydrogen-bond acceptors (Lipinski definition) is 0. The van der Waals surface area contributed by atoms with Gasteiger partial charge in [0, 0.05) is 0 Å². The molecule has 0 N–H and O–H groups in total. The van der Waals surface area contributed by atoms with Crippen molar-refractivity contribution in [2.75, 3.05) is 0 Å². The summed E-state index contributed by atoms with van der Waals surface area (Å²) in [5.74, 6) is 5.07. The summed E-state index contributed by atoms with van der Waals surface area (Å²) in [6.45, 7) is 11.9. The monoisotopic (exact) mass is 224 g/mol. The van der Waals surface area contributed by atoms with Gasteiger partial charge in [-0.25, -0.2) is 0 Å². The van der Waals surface area contributed by atoms with E-state index in [1.165, 1.54) is 38.5 Å². The molecule has 0 amide bonds. The third-order valence-electron chi connectivity index (χ3n) is 4.40. The predicted octanol–water partition coefficient (Wildman–Crippen LogP) is 5.52. The Morgan fingerprint density at radius 3 is 2.12 bits per heavy atom. The Kier molecular flexibility index (Phi) is 5.86. The van der Waals surface area contributed by atoms with E-state index in [0.29, 0.717) is 0 Å². The molecule has 0 spiro atoms. The Hall–Kier alpha value is 0. The van der Waals surface area contributed by atoms with Gasteiger partial charge in [0.15, 0.2) is 0 Å². The van der Waals surface area contributed by atoms with Gasteiger partial charge in [-0.05, 0) is 42.4 Å². The summed E-state index contributed by atoms with van der Waals surface area (Å²) in [6.07, 6.45) is 8.67. The molecule has 4 unspecified atom stereocenters. The predicted molar refractivity (Wildman–Crippen MR) is 73.5 cm³/mol. The van der Waals surface area contributed by atoms with E-state index in [4.69, 9.17) is 0 Å². The fourth-order valence-corrected chi connectivity index (χ4v) is 3.60. The zero-order chi connectivity index (χ0) is 12.1. The normalized spacial score (nSPS) is 28.1. The van der Waals surface area contributed by atoms with Crippen molar-refractivity contribution in [3.63, 3.8) is 0 Å². The molecule has 0 aliphatic heterocycles. The van der Waals surface area contributed by atoms with Gasteiger partial charge in [0.05, 0.1) is 0 Å². The van der Waals surface area contributed by atoms with E-state index in [-0.39, 0.29) is 0 Å². The molecular weight excluding hydrogens is 192 g/mol. The van der Waals surface area contributed by atoms with Gasteiger partial charge in [-0.3, -0.25) is 0 Å². The minimum atomic E-state index is 0.902. The first kappa shape index (κ1) is 14.1. The van der Waals surface area contributed by atoms with E-state index in [9.17, 15) is 0 Å². The maximum atomic E-state index is 2.49. The lowest BCUT2D eigenvalue weighted by Gasteiger charge is -2.24. The summed E-state index contributed by atoms with van der Waals surface area (Å²) in [5, 5.41) is 0. The van der Waals surface area contributed by atoms with Crippen molar-refractivity contribution in [1.82, 2.24) is 0 Å². The highest BCUT2D eigenvalue weighted by Crippen LogP contribution is 2.52. The number of rotatable bonds is 8. The molecule has 1 rings (SSSR count). The molecule has 16 heavy (non-hydrogen) atoms. The van der Waals surface area contributed by atoms with Crippen molar-refractivity contribution in [2.24, 2.45) is 29.6 Å². The molecular formula is C16H32. The minimum absolute atomic E-state index is 0.902. The van der Waals surface area contributed by atoms with Crippen LogP contribution in [-0.2, 0) is 0 Å². The summed E-state index contributed by atoms with van der Waals surface area (Å²) in [5.41, 5.74) is 0. The highest BCUT2D eigenvalue weighted by atomic mass is 14.5. The fraction of sp³-hybridized carbons (Fsp3) is 1.00. The smallest absolute Gasteiger partial charge is 0.0352 e. The molecule has 0 aromatic carbocycles. The van der Waals surface area contributed by atoms with E-state index in [1.807, 2.05) is 0 Å². The lowest BCUT2D eigenvalue weighted by atomic mass is 9.82. The summed E-state index contributed by atoms with van der Waals surface area (Å²) < 4.78 is 0. The maximum absolute atomic E-state index is 2.49. The van der Waals surface area contributed by atoms with Crippen LogP contribution in [0.2, 0.25) is 0 Å². The standard InChI is InChI=1S/C16H32/c1-6-8-13(5)15(9-7-2)16-11-14(16)10-12(3)4/h12-16H,6-11H2,1-5H3. The molecule has 0 aromatic rings. The Morgan fingerprint density at radius 1 is 1.00 bits per heavy atom. The molecule has 0 heteroatoms. The van der Waals surface area contributed by atoms with Crippen LogP contribution in [0.15, 0.2) is 0 Å². The zero-order valence-electron chi connectivity index (χ0n) is 12.1. The summed E-state index contributed by atoms with van der Waals surface area (Å²) in [4.78, 5) is 0. The van der Waals surface area contributed by atoms with Crippen LogP contribution >= 0.6 is 0 Å². The third-order valence-corrected chi connectivity index (χ3v) is 4.40. The molecule has 0 aromatic heterocycles. The summed E-state index contributed by atoms with van der Waals surface area (Å²) in [7, 11) is 0. The Morgan fingerprint density at radius 2 is 1.62 bits per heavy atom. The SMILES string of the molecule is CCCC(C)C(CCC)C1CC1CC(C)C. The van der Waals surface area contributed by atoms with Gasteiger partial charge in [-0.2, -0.15) is 0 Å². The van der Waals surface area contributed by atoms with Crippen LogP contribution in [0, 0.1) is 29.6 Å². The Labute approximate surface area is 103 Å². The molecule has 1 fully saturated rings. The molecule has 0 radical (unpaired) electrons. The van der Waals surface area contributed by atoms with Crippen LogP contribution in [0.5, 0.6) is 0 Å².